The molecule has 1 N–H and O–H groups in total. The van der Waals surface area contributed by atoms with Crippen molar-refractivity contribution in [2.24, 2.45) is 0 Å². The summed E-state index contributed by atoms with van der Waals surface area (Å²) in [5, 5.41) is 7.62. The molecule has 6 nitrogen and oxygen atoms in total. The lowest BCUT2D eigenvalue weighted by Gasteiger charge is -2.11. The van der Waals surface area contributed by atoms with Gasteiger partial charge in [-0.3, -0.25) is 14.7 Å². The van der Waals surface area contributed by atoms with Crippen LogP contribution in [0.25, 0.3) is 10.9 Å². The standard InChI is InChI=1S/C21H12FN3O3/c22-12-5-7-13(8-6-12)28-14-9-10-17-18(11-14)23-24-19(17)25-20(26)15-3-1-2-4-16(15)21(25)27/h1-11H,(H,23,24). The molecule has 1 aliphatic heterocycles. The van der Waals surface area contributed by atoms with Crippen LogP contribution in [0.4, 0.5) is 10.2 Å². The Bertz CT molecular complexity index is 1210. The first-order valence-corrected chi connectivity index (χ1v) is 8.51. The summed E-state index contributed by atoms with van der Waals surface area (Å²) < 4.78 is 18.7. The summed E-state index contributed by atoms with van der Waals surface area (Å²) in [6.07, 6.45) is 0. The fraction of sp³-hybridized carbons (Fsp3) is 0. The van der Waals surface area contributed by atoms with Gasteiger partial charge in [0.15, 0.2) is 5.82 Å². The number of amides is 2. The fourth-order valence-electron chi connectivity index (χ4n) is 3.24. The molecule has 1 aromatic heterocycles. The van der Waals surface area contributed by atoms with E-state index in [2.05, 4.69) is 10.2 Å². The third-order valence-electron chi connectivity index (χ3n) is 4.57. The molecule has 0 bridgehead atoms. The van der Waals surface area contributed by atoms with E-state index >= 15 is 0 Å². The number of halogens is 1. The first-order valence-electron chi connectivity index (χ1n) is 8.51. The van der Waals surface area contributed by atoms with Crippen molar-refractivity contribution in [3.05, 3.63) is 83.7 Å². The van der Waals surface area contributed by atoms with Gasteiger partial charge in [0.2, 0.25) is 0 Å². The molecule has 0 unspecified atom stereocenters. The molecule has 0 saturated carbocycles. The van der Waals surface area contributed by atoms with E-state index < -0.39 is 11.8 Å². The van der Waals surface area contributed by atoms with Gasteiger partial charge in [-0.25, -0.2) is 9.29 Å². The van der Waals surface area contributed by atoms with Crippen molar-refractivity contribution in [3.63, 3.8) is 0 Å². The number of aromatic amines is 1. The van der Waals surface area contributed by atoms with E-state index in [1.807, 2.05) is 0 Å². The van der Waals surface area contributed by atoms with Crippen LogP contribution in [-0.4, -0.2) is 22.0 Å². The topological polar surface area (TPSA) is 75.3 Å². The van der Waals surface area contributed by atoms with E-state index in [0.29, 0.717) is 33.5 Å². The fourth-order valence-corrected chi connectivity index (χ4v) is 3.24. The van der Waals surface area contributed by atoms with Gasteiger partial charge >= 0.3 is 0 Å². The molecule has 0 saturated heterocycles. The van der Waals surface area contributed by atoms with Gasteiger partial charge in [-0.15, -0.1) is 0 Å². The van der Waals surface area contributed by atoms with E-state index in [4.69, 9.17) is 4.74 Å². The van der Waals surface area contributed by atoms with Crippen LogP contribution in [0.2, 0.25) is 0 Å². The van der Waals surface area contributed by atoms with E-state index in [-0.39, 0.29) is 11.6 Å². The zero-order chi connectivity index (χ0) is 19.3. The minimum Gasteiger partial charge on any atom is -0.457 e. The number of hydrogen-bond donors (Lipinski definition) is 1. The number of benzene rings is 3. The van der Waals surface area contributed by atoms with Crippen LogP contribution in [0.1, 0.15) is 20.7 Å². The number of ether oxygens (including phenoxy) is 1. The lowest BCUT2D eigenvalue weighted by Crippen LogP contribution is -2.29. The number of carbonyl (C=O) groups is 2. The number of rotatable bonds is 3. The van der Waals surface area contributed by atoms with E-state index in [9.17, 15) is 14.0 Å². The second kappa shape index (κ2) is 6.02. The molecule has 2 amide bonds. The zero-order valence-electron chi connectivity index (χ0n) is 14.3. The quantitative estimate of drug-likeness (QED) is 0.544. The van der Waals surface area contributed by atoms with Crippen molar-refractivity contribution >= 4 is 28.5 Å². The number of aromatic nitrogens is 2. The van der Waals surface area contributed by atoms with Gasteiger partial charge in [0.25, 0.3) is 11.8 Å². The maximum absolute atomic E-state index is 13.0. The Balaban J connectivity index is 1.50. The summed E-state index contributed by atoms with van der Waals surface area (Å²) in [4.78, 5) is 26.4. The first-order chi connectivity index (χ1) is 13.6. The molecule has 4 aromatic rings. The predicted octanol–water partition coefficient (Wildman–Crippen LogP) is 4.29. The molecule has 0 radical (unpaired) electrons. The zero-order valence-corrected chi connectivity index (χ0v) is 14.3. The number of hydrogen-bond acceptors (Lipinski definition) is 4. The van der Waals surface area contributed by atoms with Crippen LogP contribution in [0, 0.1) is 5.82 Å². The Morgan fingerprint density at radius 2 is 1.50 bits per heavy atom. The lowest BCUT2D eigenvalue weighted by atomic mass is 10.1. The number of anilines is 1. The molecule has 28 heavy (non-hydrogen) atoms. The summed E-state index contributed by atoms with van der Waals surface area (Å²) in [6, 6.07) is 17.5. The Hall–Kier alpha value is -4.00. The van der Waals surface area contributed by atoms with Gasteiger partial charge in [-0.05, 0) is 48.5 Å². The number of carbonyl (C=O) groups excluding carboxylic acids is 2. The highest BCUT2D eigenvalue weighted by Crippen LogP contribution is 2.34. The van der Waals surface area contributed by atoms with Crippen LogP contribution in [0.15, 0.2) is 66.7 Å². The van der Waals surface area contributed by atoms with E-state index in [0.717, 1.165) is 4.90 Å². The van der Waals surface area contributed by atoms with Gasteiger partial charge in [0, 0.05) is 11.5 Å². The van der Waals surface area contributed by atoms with Crippen LogP contribution in [0.3, 0.4) is 0 Å². The van der Waals surface area contributed by atoms with Crippen LogP contribution in [-0.2, 0) is 0 Å². The van der Waals surface area contributed by atoms with Crippen molar-refractivity contribution < 1.29 is 18.7 Å². The van der Waals surface area contributed by atoms with Crippen LogP contribution < -0.4 is 9.64 Å². The first kappa shape index (κ1) is 16.2. The Labute approximate surface area is 158 Å². The molecule has 1 aliphatic rings. The van der Waals surface area contributed by atoms with Crippen molar-refractivity contribution in [2.75, 3.05) is 4.90 Å². The minimum atomic E-state index is -0.402. The average molecular weight is 373 g/mol. The second-order valence-electron chi connectivity index (χ2n) is 6.30. The monoisotopic (exact) mass is 373 g/mol. The molecule has 5 rings (SSSR count). The van der Waals surface area contributed by atoms with Gasteiger partial charge in [0.1, 0.15) is 17.3 Å². The maximum Gasteiger partial charge on any atom is 0.267 e. The molecule has 136 valence electrons. The molecule has 0 spiro atoms. The Morgan fingerprint density at radius 1 is 0.857 bits per heavy atom. The van der Waals surface area contributed by atoms with Crippen molar-refractivity contribution in [1.29, 1.82) is 0 Å². The third kappa shape index (κ3) is 2.44. The number of H-pyrrole nitrogens is 1. The Kier molecular flexibility index (Phi) is 3.48. The summed E-state index contributed by atoms with van der Waals surface area (Å²) in [5.41, 5.74) is 1.32. The van der Waals surface area contributed by atoms with Crippen molar-refractivity contribution in [3.8, 4) is 11.5 Å². The van der Waals surface area contributed by atoms with Crippen molar-refractivity contribution in [2.45, 2.75) is 0 Å². The summed E-state index contributed by atoms with van der Waals surface area (Å²) in [7, 11) is 0. The molecule has 0 fully saturated rings. The summed E-state index contributed by atoms with van der Waals surface area (Å²) in [5.74, 6) is 0.0928. The molecule has 3 aromatic carbocycles. The van der Waals surface area contributed by atoms with E-state index in [1.54, 1.807) is 42.5 Å². The SMILES string of the molecule is O=C1c2ccccc2C(=O)N1c1n[nH]c2cc(Oc3ccc(F)cc3)ccc12. The molecule has 0 atom stereocenters. The van der Waals surface area contributed by atoms with Crippen molar-refractivity contribution in [1.82, 2.24) is 10.2 Å². The molecule has 7 heteroatoms. The smallest absolute Gasteiger partial charge is 0.267 e. The van der Waals surface area contributed by atoms with Crippen LogP contribution in [0.5, 0.6) is 11.5 Å². The summed E-state index contributed by atoms with van der Waals surface area (Å²) in [6.45, 7) is 0. The minimum absolute atomic E-state index is 0.245. The largest absolute Gasteiger partial charge is 0.457 e. The number of nitrogens with one attached hydrogen (secondary N) is 1. The average Bonchev–Trinajstić information content (AvgIpc) is 3.22. The maximum atomic E-state index is 13.0. The molecule has 2 heterocycles. The van der Waals surface area contributed by atoms with E-state index in [1.165, 1.54) is 24.3 Å². The lowest BCUT2D eigenvalue weighted by molar-refractivity contribution is 0.0925. The highest BCUT2D eigenvalue weighted by molar-refractivity contribution is 6.35. The van der Waals surface area contributed by atoms with Gasteiger partial charge in [-0.1, -0.05) is 12.1 Å². The predicted molar refractivity (Wildman–Crippen MR) is 100 cm³/mol. The summed E-state index contributed by atoms with van der Waals surface area (Å²) >= 11 is 0. The van der Waals surface area contributed by atoms with Crippen LogP contribution >= 0.6 is 0 Å². The normalized spacial score (nSPS) is 13.2. The highest BCUT2D eigenvalue weighted by atomic mass is 19.1. The number of imide groups is 1. The Morgan fingerprint density at radius 3 is 2.18 bits per heavy atom. The number of fused-ring (bicyclic) bond motifs is 2. The molecular formula is C21H12FN3O3. The highest BCUT2D eigenvalue weighted by Gasteiger charge is 2.38. The van der Waals surface area contributed by atoms with Gasteiger partial charge in [0.05, 0.1) is 16.6 Å². The third-order valence-corrected chi connectivity index (χ3v) is 4.57. The molecule has 0 aliphatic carbocycles. The van der Waals surface area contributed by atoms with Gasteiger partial charge < -0.3 is 4.74 Å². The molecular weight excluding hydrogens is 361 g/mol. The second-order valence-corrected chi connectivity index (χ2v) is 6.30. The number of nitrogens with zero attached hydrogens (tertiary/aromatic N) is 2. The van der Waals surface area contributed by atoms with Gasteiger partial charge in [-0.2, -0.15) is 5.10 Å².